The van der Waals surface area contributed by atoms with Crippen molar-refractivity contribution in [2.45, 2.75) is 6.42 Å². The van der Waals surface area contributed by atoms with Gasteiger partial charge in [0.2, 0.25) is 0 Å². The maximum absolute atomic E-state index is 5.89. The Balaban J connectivity index is 1.75. The van der Waals surface area contributed by atoms with Crippen molar-refractivity contribution in [3.05, 3.63) is 48.5 Å². The van der Waals surface area contributed by atoms with Crippen LogP contribution in [-0.4, -0.2) is 33.3 Å². The SMILES string of the molecule is COc1cccc(OCCCN=C(N)Nc2ccccc2OC)c1. The second-order valence-electron chi connectivity index (χ2n) is 4.97. The quantitative estimate of drug-likeness (QED) is 0.442. The van der Waals surface area contributed by atoms with Crippen molar-refractivity contribution in [2.24, 2.45) is 10.7 Å². The number of nitrogens with zero attached hydrogens (tertiary/aromatic N) is 1. The van der Waals surface area contributed by atoms with E-state index in [0.29, 0.717) is 19.1 Å². The van der Waals surface area contributed by atoms with Crippen LogP contribution in [0.25, 0.3) is 0 Å². The van der Waals surface area contributed by atoms with Gasteiger partial charge in [0, 0.05) is 19.0 Å². The number of guanidine groups is 1. The highest BCUT2D eigenvalue weighted by atomic mass is 16.5. The molecule has 6 nitrogen and oxygen atoms in total. The van der Waals surface area contributed by atoms with E-state index >= 15 is 0 Å². The second kappa shape index (κ2) is 9.29. The third kappa shape index (κ3) is 5.39. The van der Waals surface area contributed by atoms with Crippen LogP contribution >= 0.6 is 0 Å². The molecule has 0 heterocycles. The molecule has 0 aliphatic carbocycles. The maximum Gasteiger partial charge on any atom is 0.193 e. The number of nitrogens with one attached hydrogen (secondary N) is 1. The van der Waals surface area contributed by atoms with E-state index in [1.165, 1.54) is 0 Å². The average molecular weight is 329 g/mol. The fourth-order valence-electron chi connectivity index (χ4n) is 2.07. The number of aliphatic imine (C=N–C) groups is 1. The van der Waals surface area contributed by atoms with E-state index in [4.69, 9.17) is 19.9 Å². The molecule has 0 fully saturated rings. The lowest BCUT2D eigenvalue weighted by atomic mass is 10.3. The molecule has 0 unspecified atom stereocenters. The smallest absolute Gasteiger partial charge is 0.193 e. The van der Waals surface area contributed by atoms with Crippen molar-refractivity contribution in [1.29, 1.82) is 0 Å². The molecule has 2 rings (SSSR count). The van der Waals surface area contributed by atoms with Gasteiger partial charge >= 0.3 is 0 Å². The molecular formula is C18H23N3O3. The van der Waals surface area contributed by atoms with Crippen LogP contribution < -0.4 is 25.3 Å². The lowest BCUT2D eigenvalue weighted by molar-refractivity contribution is 0.311. The summed E-state index contributed by atoms with van der Waals surface area (Å²) in [5.74, 6) is 2.62. The molecule has 2 aromatic rings. The molecule has 128 valence electrons. The summed E-state index contributed by atoms with van der Waals surface area (Å²) in [5, 5.41) is 3.03. The van der Waals surface area contributed by atoms with E-state index in [1.54, 1.807) is 14.2 Å². The summed E-state index contributed by atoms with van der Waals surface area (Å²) < 4.78 is 16.1. The van der Waals surface area contributed by atoms with Crippen molar-refractivity contribution in [3.63, 3.8) is 0 Å². The van der Waals surface area contributed by atoms with Gasteiger partial charge in [-0.1, -0.05) is 18.2 Å². The molecule has 0 aromatic heterocycles. The number of rotatable bonds is 8. The van der Waals surface area contributed by atoms with Gasteiger partial charge in [-0.2, -0.15) is 0 Å². The Morgan fingerprint density at radius 3 is 2.62 bits per heavy atom. The summed E-state index contributed by atoms with van der Waals surface area (Å²) >= 11 is 0. The minimum atomic E-state index is 0.348. The van der Waals surface area contributed by atoms with E-state index in [1.807, 2.05) is 48.5 Å². The largest absolute Gasteiger partial charge is 0.497 e. The number of hydrogen-bond donors (Lipinski definition) is 2. The molecule has 0 saturated carbocycles. The second-order valence-corrected chi connectivity index (χ2v) is 4.97. The molecule has 2 aromatic carbocycles. The van der Waals surface area contributed by atoms with Gasteiger partial charge in [-0.15, -0.1) is 0 Å². The zero-order valence-corrected chi connectivity index (χ0v) is 14.0. The van der Waals surface area contributed by atoms with Crippen LogP contribution in [-0.2, 0) is 0 Å². The van der Waals surface area contributed by atoms with Gasteiger partial charge in [0.1, 0.15) is 17.2 Å². The molecule has 0 radical (unpaired) electrons. The molecule has 0 bridgehead atoms. The number of hydrogen-bond acceptors (Lipinski definition) is 4. The molecule has 0 atom stereocenters. The Bertz CT molecular complexity index is 674. The average Bonchev–Trinajstić information content (AvgIpc) is 2.62. The summed E-state index contributed by atoms with van der Waals surface area (Å²) in [5.41, 5.74) is 6.67. The number of benzene rings is 2. The summed E-state index contributed by atoms with van der Waals surface area (Å²) in [4.78, 5) is 4.28. The highest BCUT2D eigenvalue weighted by Crippen LogP contribution is 2.22. The lowest BCUT2D eigenvalue weighted by Gasteiger charge is -2.10. The van der Waals surface area contributed by atoms with Crippen LogP contribution in [0, 0.1) is 0 Å². The van der Waals surface area contributed by atoms with Gasteiger partial charge in [0.15, 0.2) is 5.96 Å². The highest BCUT2D eigenvalue weighted by molar-refractivity contribution is 5.93. The Kier molecular flexibility index (Phi) is 6.76. The predicted molar refractivity (Wildman–Crippen MR) is 96.2 cm³/mol. The van der Waals surface area contributed by atoms with E-state index in [0.717, 1.165) is 29.4 Å². The topological polar surface area (TPSA) is 78.1 Å². The Labute approximate surface area is 142 Å². The number of nitrogens with two attached hydrogens (primary N) is 1. The first-order chi connectivity index (χ1) is 11.7. The zero-order valence-electron chi connectivity index (χ0n) is 14.0. The Morgan fingerprint density at radius 1 is 1.04 bits per heavy atom. The first-order valence-electron chi connectivity index (χ1n) is 7.69. The van der Waals surface area contributed by atoms with Gasteiger partial charge in [-0.25, -0.2) is 0 Å². The molecule has 6 heteroatoms. The van der Waals surface area contributed by atoms with Crippen molar-refractivity contribution in [2.75, 3.05) is 32.7 Å². The Hall–Kier alpha value is -2.89. The molecule has 0 aliphatic heterocycles. The molecule has 0 aliphatic rings. The Morgan fingerprint density at radius 2 is 1.83 bits per heavy atom. The molecular weight excluding hydrogens is 306 g/mol. The predicted octanol–water partition coefficient (Wildman–Crippen LogP) is 2.90. The van der Waals surface area contributed by atoms with Crippen LogP contribution in [0.2, 0.25) is 0 Å². The van der Waals surface area contributed by atoms with Crippen molar-refractivity contribution in [3.8, 4) is 17.2 Å². The van der Waals surface area contributed by atoms with Crippen molar-refractivity contribution >= 4 is 11.6 Å². The fourth-order valence-corrected chi connectivity index (χ4v) is 2.07. The normalized spacial score (nSPS) is 11.0. The third-order valence-electron chi connectivity index (χ3n) is 3.26. The van der Waals surface area contributed by atoms with Gasteiger partial charge in [-0.05, 0) is 24.3 Å². The summed E-state index contributed by atoms with van der Waals surface area (Å²) in [7, 11) is 3.25. The van der Waals surface area contributed by atoms with E-state index in [9.17, 15) is 0 Å². The lowest BCUT2D eigenvalue weighted by Crippen LogP contribution is -2.23. The van der Waals surface area contributed by atoms with Crippen LogP contribution in [0.3, 0.4) is 0 Å². The summed E-state index contributed by atoms with van der Waals surface area (Å²) in [6.45, 7) is 1.12. The number of methoxy groups -OCH3 is 2. The first-order valence-corrected chi connectivity index (χ1v) is 7.69. The highest BCUT2D eigenvalue weighted by Gasteiger charge is 2.02. The van der Waals surface area contributed by atoms with Crippen LogP contribution in [0.5, 0.6) is 17.2 Å². The van der Waals surface area contributed by atoms with E-state index in [2.05, 4.69) is 10.3 Å². The van der Waals surface area contributed by atoms with Crippen LogP contribution in [0.4, 0.5) is 5.69 Å². The molecule has 0 saturated heterocycles. The van der Waals surface area contributed by atoms with E-state index in [-0.39, 0.29) is 0 Å². The van der Waals surface area contributed by atoms with E-state index < -0.39 is 0 Å². The number of ether oxygens (including phenoxy) is 3. The molecule has 0 spiro atoms. The number of para-hydroxylation sites is 2. The monoisotopic (exact) mass is 329 g/mol. The minimum absolute atomic E-state index is 0.348. The fraction of sp³-hybridized carbons (Fsp3) is 0.278. The maximum atomic E-state index is 5.89. The standard InChI is InChI=1S/C18H23N3O3/c1-22-14-7-5-8-15(13-14)24-12-6-11-20-18(19)21-16-9-3-4-10-17(16)23-2/h3-5,7-10,13H,6,11-12H2,1-2H3,(H3,19,20,21). The third-order valence-corrected chi connectivity index (χ3v) is 3.26. The summed E-state index contributed by atoms with van der Waals surface area (Å²) in [6, 6.07) is 15.0. The number of anilines is 1. The van der Waals surface area contributed by atoms with Gasteiger partial charge in [0.25, 0.3) is 0 Å². The summed E-state index contributed by atoms with van der Waals surface area (Å²) in [6.07, 6.45) is 0.755. The minimum Gasteiger partial charge on any atom is -0.497 e. The molecule has 24 heavy (non-hydrogen) atoms. The van der Waals surface area contributed by atoms with Crippen molar-refractivity contribution in [1.82, 2.24) is 0 Å². The zero-order chi connectivity index (χ0) is 17.2. The van der Waals surface area contributed by atoms with Crippen LogP contribution in [0.15, 0.2) is 53.5 Å². The first kappa shape index (κ1) is 17.5. The molecule has 3 N–H and O–H groups in total. The van der Waals surface area contributed by atoms with Crippen molar-refractivity contribution < 1.29 is 14.2 Å². The van der Waals surface area contributed by atoms with Gasteiger partial charge in [-0.3, -0.25) is 4.99 Å². The van der Waals surface area contributed by atoms with Gasteiger partial charge in [0.05, 0.1) is 26.5 Å². The van der Waals surface area contributed by atoms with Crippen LogP contribution in [0.1, 0.15) is 6.42 Å². The van der Waals surface area contributed by atoms with Gasteiger partial charge < -0.3 is 25.3 Å². The molecule has 0 amide bonds.